The zero-order chi connectivity index (χ0) is 23.6. The van der Waals surface area contributed by atoms with E-state index in [4.69, 9.17) is 17.3 Å². The number of para-hydroxylation sites is 1. The van der Waals surface area contributed by atoms with Gasteiger partial charge in [0.25, 0.3) is 5.91 Å². The molecule has 2 amide bonds. The molecule has 0 bridgehead atoms. The average molecular weight is 466 g/mol. The van der Waals surface area contributed by atoms with Crippen molar-refractivity contribution in [3.05, 3.63) is 72.3 Å². The van der Waals surface area contributed by atoms with Crippen molar-refractivity contribution in [2.24, 2.45) is 0 Å². The van der Waals surface area contributed by atoms with Crippen LogP contribution in [0.15, 0.2) is 66.7 Å². The van der Waals surface area contributed by atoms with Crippen molar-refractivity contribution in [2.75, 3.05) is 23.7 Å². The third kappa shape index (κ3) is 6.91. The van der Waals surface area contributed by atoms with Crippen molar-refractivity contribution in [3.63, 3.8) is 0 Å². The van der Waals surface area contributed by atoms with Gasteiger partial charge in [0.15, 0.2) is 5.11 Å². The fraction of sp³-hybridized carbons (Fsp3) is 0.130. The average Bonchev–Trinajstić information content (AvgIpc) is 2.81. The largest absolute Gasteiger partial charge is 0.478 e. The first kappa shape index (κ1) is 23.5. The summed E-state index contributed by atoms with van der Waals surface area (Å²) >= 11 is 5.08. The number of hydrazine groups is 1. The van der Waals surface area contributed by atoms with Crippen molar-refractivity contribution in [1.82, 2.24) is 16.2 Å². The Morgan fingerprint density at radius 2 is 1.52 bits per heavy atom. The monoisotopic (exact) mass is 465 g/mol. The normalized spacial score (nSPS) is 10.2. The van der Waals surface area contributed by atoms with Crippen LogP contribution in [0.3, 0.4) is 0 Å². The molecular weight excluding hydrogens is 442 g/mol. The molecule has 0 aliphatic rings. The number of rotatable bonds is 8. The summed E-state index contributed by atoms with van der Waals surface area (Å²) in [5, 5.41) is 19.8. The summed E-state index contributed by atoms with van der Waals surface area (Å²) in [6.07, 6.45) is 0.173. The van der Waals surface area contributed by atoms with E-state index in [0.717, 1.165) is 16.5 Å². The van der Waals surface area contributed by atoms with E-state index in [1.165, 1.54) is 6.07 Å². The Hall–Kier alpha value is -4.18. The van der Waals surface area contributed by atoms with E-state index in [1.54, 1.807) is 18.2 Å². The second-order valence-electron chi connectivity index (χ2n) is 6.96. The lowest BCUT2D eigenvalue weighted by Crippen LogP contribution is -2.48. The highest BCUT2D eigenvalue weighted by atomic mass is 32.1. The van der Waals surface area contributed by atoms with E-state index in [1.807, 2.05) is 42.5 Å². The van der Waals surface area contributed by atoms with E-state index < -0.39 is 11.9 Å². The molecular formula is C23H23N5O4S. The number of nitrogens with one attached hydrogen (secondary N) is 5. The van der Waals surface area contributed by atoms with Crippen LogP contribution < -0.4 is 26.8 Å². The van der Waals surface area contributed by atoms with Gasteiger partial charge in [0.1, 0.15) is 0 Å². The van der Waals surface area contributed by atoms with Gasteiger partial charge in [-0.1, -0.05) is 48.5 Å². The highest BCUT2D eigenvalue weighted by Gasteiger charge is 2.10. The van der Waals surface area contributed by atoms with Crippen molar-refractivity contribution in [1.29, 1.82) is 0 Å². The van der Waals surface area contributed by atoms with E-state index in [9.17, 15) is 14.4 Å². The highest BCUT2D eigenvalue weighted by Crippen LogP contribution is 2.22. The minimum atomic E-state index is -1.09. The molecule has 0 unspecified atom stereocenters. The van der Waals surface area contributed by atoms with Gasteiger partial charge < -0.3 is 21.1 Å². The van der Waals surface area contributed by atoms with Crippen molar-refractivity contribution < 1.29 is 19.5 Å². The number of carboxylic acids is 1. The molecule has 0 saturated heterocycles. The molecule has 0 radical (unpaired) electrons. The Balaban J connectivity index is 1.36. The van der Waals surface area contributed by atoms with E-state index in [0.29, 0.717) is 5.69 Å². The zero-order valence-electron chi connectivity index (χ0n) is 17.6. The van der Waals surface area contributed by atoms with Crippen molar-refractivity contribution in [2.45, 2.75) is 6.42 Å². The van der Waals surface area contributed by atoms with E-state index in [2.05, 4.69) is 26.8 Å². The molecule has 6 N–H and O–H groups in total. The zero-order valence-corrected chi connectivity index (χ0v) is 18.4. The van der Waals surface area contributed by atoms with E-state index in [-0.39, 0.29) is 36.1 Å². The molecule has 0 saturated carbocycles. The molecule has 0 aliphatic heterocycles. The van der Waals surface area contributed by atoms with Crippen molar-refractivity contribution in [3.8, 4) is 0 Å². The molecule has 0 heterocycles. The number of thiocarbonyl (C=S) groups is 1. The number of carbonyl (C=O) groups is 3. The summed E-state index contributed by atoms with van der Waals surface area (Å²) in [6, 6.07) is 19.8. The van der Waals surface area contributed by atoms with Gasteiger partial charge in [0.05, 0.1) is 12.1 Å². The first-order valence-corrected chi connectivity index (χ1v) is 10.5. The van der Waals surface area contributed by atoms with Crippen LogP contribution in [0, 0.1) is 0 Å². The first-order chi connectivity index (χ1) is 15.9. The summed E-state index contributed by atoms with van der Waals surface area (Å²) < 4.78 is 0. The summed E-state index contributed by atoms with van der Waals surface area (Å²) in [5.41, 5.74) is 6.07. The fourth-order valence-corrected chi connectivity index (χ4v) is 3.20. The molecule has 0 spiro atoms. The van der Waals surface area contributed by atoms with Gasteiger partial charge in [0, 0.05) is 29.7 Å². The Bertz CT molecular complexity index is 1180. The fourth-order valence-electron chi connectivity index (χ4n) is 3.05. The lowest BCUT2D eigenvalue weighted by Gasteiger charge is -2.13. The van der Waals surface area contributed by atoms with E-state index >= 15 is 0 Å². The number of anilines is 2. The number of hydrogen-bond donors (Lipinski definition) is 6. The summed E-state index contributed by atoms with van der Waals surface area (Å²) in [4.78, 5) is 35.4. The van der Waals surface area contributed by atoms with Crippen molar-refractivity contribution >= 4 is 57.3 Å². The van der Waals surface area contributed by atoms with Gasteiger partial charge in [-0.25, -0.2) is 4.79 Å². The van der Waals surface area contributed by atoms with Gasteiger partial charge >= 0.3 is 5.97 Å². The molecule has 0 fully saturated rings. The number of aromatic carboxylic acids is 1. The van der Waals surface area contributed by atoms with Gasteiger partial charge in [-0.2, -0.15) is 0 Å². The maximum Gasteiger partial charge on any atom is 0.337 e. The van der Waals surface area contributed by atoms with Crippen LogP contribution >= 0.6 is 12.2 Å². The van der Waals surface area contributed by atoms with Gasteiger partial charge in [-0.3, -0.25) is 20.4 Å². The third-order valence-electron chi connectivity index (χ3n) is 4.61. The quantitative estimate of drug-likeness (QED) is 0.221. The maximum absolute atomic E-state index is 12.3. The molecule has 3 aromatic carbocycles. The van der Waals surface area contributed by atoms with Crippen LogP contribution in [0.4, 0.5) is 11.4 Å². The molecule has 10 heteroatoms. The number of hydrogen-bond acceptors (Lipinski definition) is 5. The molecule has 0 aliphatic carbocycles. The molecule has 0 atom stereocenters. The van der Waals surface area contributed by atoms with Crippen LogP contribution in [-0.2, 0) is 9.59 Å². The Morgan fingerprint density at radius 3 is 2.33 bits per heavy atom. The first-order valence-electron chi connectivity index (χ1n) is 10.1. The van der Waals surface area contributed by atoms with Crippen LogP contribution in [0.2, 0.25) is 0 Å². The molecule has 9 nitrogen and oxygen atoms in total. The molecule has 3 aromatic rings. The maximum atomic E-state index is 12.3. The Morgan fingerprint density at radius 1 is 0.818 bits per heavy atom. The van der Waals surface area contributed by atoms with Crippen LogP contribution in [0.1, 0.15) is 16.8 Å². The van der Waals surface area contributed by atoms with Crippen LogP contribution in [0.25, 0.3) is 10.8 Å². The topological polar surface area (TPSA) is 132 Å². The number of amides is 2. The summed E-state index contributed by atoms with van der Waals surface area (Å²) in [7, 11) is 0. The minimum absolute atomic E-state index is 0.0669. The molecule has 0 aromatic heterocycles. The van der Waals surface area contributed by atoms with Gasteiger partial charge in [-0.05, 0) is 35.8 Å². The second kappa shape index (κ2) is 11.4. The SMILES string of the molecule is O=C(CNc1ccccc1C(=O)O)NNC(=S)NCCC(=O)Nc1cccc2ccccc12. The Kier molecular flexibility index (Phi) is 8.14. The lowest BCUT2D eigenvalue weighted by molar-refractivity contribution is -0.120. The third-order valence-corrected chi connectivity index (χ3v) is 4.86. The highest BCUT2D eigenvalue weighted by molar-refractivity contribution is 7.80. The predicted octanol–water partition coefficient (Wildman–Crippen LogP) is 2.47. The minimum Gasteiger partial charge on any atom is -0.478 e. The second-order valence-corrected chi connectivity index (χ2v) is 7.37. The van der Waals surface area contributed by atoms with Crippen LogP contribution in [0.5, 0.6) is 0 Å². The molecule has 170 valence electrons. The summed E-state index contributed by atoms with van der Waals surface area (Å²) in [5.74, 6) is -1.72. The molecule has 3 rings (SSSR count). The predicted molar refractivity (Wildman–Crippen MR) is 131 cm³/mol. The van der Waals surface area contributed by atoms with Crippen LogP contribution in [-0.4, -0.2) is 41.1 Å². The standard InChI is InChI=1S/C23H23N5O4S/c29-20(26-19-11-5-7-15-6-1-2-8-16(15)19)12-13-24-23(33)28-27-21(30)14-25-18-10-4-3-9-17(18)22(31)32/h1-11,25H,12-14H2,(H,26,29)(H,27,30)(H,31,32)(H2,24,28,33). The smallest absolute Gasteiger partial charge is 0.337 e. The number of carbonyl (C=O) groups excluding carboxylic acids is 2. The number of fused-ring (bicyclic) bond motifs is 1. The Labute approximate surface area is 195 Å². The van der Waals surface area contributed by atoms with Gasteiger partial charge in [0.2, 0.25) is 5.91 Å². The molecule has 33 heavy (non-hydrogen) atoms. The lowest BCUT2D eigenvalue weighted by atomic mass is 10.1. The summed E-state index contributed by atoms with van der Waals surface area (Å²) in [6.45, 7) is 0.107. The number of carboxylic acid groups (broad SMARTS) is 1. The van der Waals surface area contributed by atoms with Gasteiger partial charge in [-0.15, -0.1) is 0 Å². The number of benzene rings is 3.